The normalized spacial score (nSPS) is 22.9. The molecule has 1 saturated carbocycles. The summed E-state index contributed by atoms with van der Waals surface area (Å²) >= 11 is 0. The molecule has 1 rings (SSSR count). The van der Waals surface area contributed by atoms with Crippen molar-refractivity contribution in [2.45, 2.75) is 66.0 Å². The molecule has 140 valence electrons. The summed E-state index contributed by atoms with van der Waals surface area (Å²) in [5, 5.41) is 9.61. The number of amides is 1. The third-order valence-electron chi connectivity index (χ3n) is 4.77. The average molecular weight is 341 g/mol. The van der Waals surface area contributed by atoms with Gasteiger partial charge in [-0.05, 0) is 12.8 Å². The van der Waals surface area contributed by atoms with Gasteiger partial charge in [-0.15, -0.1) is 0 Å². The molecule has 0 bridgehead atoms. The van der Waals surface area contributed by atoms with E-state index in [1.807, 2.05) is 13.8 Å². The second-order valence-electron chi connectivity index (χ2n) is 7.41. The Kier molecular flexibility index (Phi) is 8.53. The van der Waals surface area contributed by atoms with Crippen LogP contribution in [0.25, 0.3) is 0 Å². The summed E-state index contributed by atoms with van der Waals surface area (Å²) in [6.45, 7) is 12.5. The summed E-state index contributed by atoms with van der Waals surface area (Å²) in [6.07, 6.45) is 3.60. The highest BCUT2D eigenvalue weighted by atomic mass is 16.5. The SMILES string of the molecule is CCCCOC1CC(NC(=NC)NCCNC(=O)C(C)C)C1(C)C. The Morgan fingerprint density at radius 1 is 1.29 bits per heavy atom. The third-order valence-corrected chi connectivity index (χ3v) is 4.77. The van der Waals surface area contributed by atoms with E-state index in [1.54, 1.807) is 7.05 Å². The molecule has 0 saturated heterocycles. The molecule has 2 unspecified atom stereocenters. The van der Waals surface area contributed by atoms with Crippen LogP contribution in [0.1, 0.15) is 53.9 Å². The van der Waals surface area contributed by atoms with Crippen molar-refractivity contribution in [1.29, 1.82) is 0 Å². The standard InChI is InChI=1S/C18H36N4O2/c1-7-8-11-24-15-12-14(18(15,4)5)22-17(19-6)21-10-9-20-16(23)13(2)3/h13-15H,7-12H2,1-6H3,(H,20,23)(H2,19,21,22). The first kappa shape index (κ1) is 20.7. The number of ether oxygens (including phenoxy) is 1. The van der Waals surface area contributed by atoms with E-state index in [2.05, 4.69) is 41.7 Å². The fraction of sp³-hybridized carbons (Fsp3) is 0.889. The van der Waals surface area contributed by atoms with E-state index in [9.17, 15) is 4.79 Å². The number of nitrogens with one attached hydrogen (secondary N) is 3. The first-order chi connectivity index (χ1) is 11.3. The van der Waals surface area contributed by atoms with Gasteiger partial charge in [0.25, 0.3) is 0 Å². The molecule has 0 aromatic carbocycles. The molecule has 0 aliphatic heterocycles. The fourth-order valence-electron chi connectivity index (χ4n) is 2.71. The van der Waals surface area contributed by atoms with E-state index in [-0.39, 0.29) is 17.2 Å². The van der Waals surface area contributed by atoms with Gasteiger partial charge in [-0.1, -0.05) is 41.0 Å². The number of hydrogen-bond donors (Lipinski definition) is 3. The minimum absolute atomic E-state index is 0.0165. The molecule has 2 atom stereocenters. The number of carbonyl (C=O) groups excluding carboxylic acids is 1. The zero-order valence-corrected chi connectivity index (χ0v) is 16.2. The Bertz CT molecular complexity index is 421. The quantitative estimate of drug-likeness (QED) is 0.340. The second kappa shape index (κ2) is 9.87. The lowest BCUT2D eigenvalue weighted by Crippen LogP contribution is -2.63. The summed E-state index contributed by atoms with van der Waals surface area (Å²) in [5.41, 5.74) is 0.0945. The van der Waals surface area contributed by atoms with Gasteiger partial charge >= 0.3 is 0 Å². The molecule has 0 spiro atoms. The van der Waals surface area contributed by atoms with Gasteiger partial charge in [0.05, 0.1) is 6.10 Å². The van der Waals surface area contributed by atoms with Gasteiger partial charge in [0.15, 0.2) is 5.96 Å². The molecule has 1 fully saturated rings. The van der Waals surface area contributed by atoms with E-state index >= 15 is 0 Å². The first-order valence-electron chi connectivity index (χ1n) is 9.19. The van der Waals surface area contributed by atoms with Crippen molar-refractivity contribution in [2.24, 2.45) is 16.3 Å². The minimum Gasteiger partial charge on any atom is -0.378 e. The molecular weight excluding hydrogens is 304 g/mol. The number of unbranched alkanes of at least 4 members (excludes halogenated alkanes) is 1. The average Bonchev–Trinajstić information content (AvgIpc) is 2.54. The summed E-state index contributed by atoms with van der Waals surface area (Å²) < 4.78 is 5.98. The number of carbonyl (C=O) groups is 1. The number of guanidine groups is 1. The molecule has 0 heterocycles. The van der Waals surface area contributed by atoms with Gasteiger partial charge in [-0.25, -0.2) is 0 Å². The Morgan fingerprint density at radius 3 is 2.50 bits per heavy atom. The first-order valence-corrected chi connectivity index (χ1v) is 9.19. The van der Waals surface area contributed by atoms with Crippen LogP contribution >= 0.6 is 0 Å². The van der Waals surface area contributed by atoms with Gasteiger partial charge in [0.1, 0.15) is 0 Å². The predicted octanol–water partition coefficient (Wildman–Crippen LogP) is 1.91. The van der Waals surface area contributed by atoms with Crippen molar-refractivity contribution < 1.29 is 9.53 Å². The van der Waals surface area contributed by atoms with Crippen molar-refractivity contribution in [3.63, 3.8) is 0 Å². The van der Waals surface area contributed by atoms with Crippen LogP contribution in [0.15, 0.2) is 4.99 Å². The maximum Gasteiger partial charge on any atom is 0.222 e. The summed E-state index contributed by atoms with van der Waals surface area (Å²) in [5.74, 6) is 0.869. The minimum atomic E-state index is 0.0165. The molecule has 0 aromatic rings. The van der Waals surface area contributed by atoms with Gasteiger partial charge in [0.2, 0.25) is 5.91 Å². The Hall–Kier alpha value is -1.30. The number of hydrogen-bond acceptors (Lipinski definition) is 3. The van der Waals surface area contributed by atoms with Gasteiger partial charge in [0, 0.05) is 44.1 Å². The van der Waals surface area contributed by atoms with Crippen molar-refractivity contribution in [1.82, 2.24) is 16.0 Å². The fourth-order valence-corrected chi connectivity index (χ4v) is 2.71. The maximum absolute atomic E-state index is 11.5. The zero-order valence-electron chi connectivity index (χ0n) is 16.2. The van der Waals surface area contributed by atoms with Crippen LogP contribution in [0.2, 0.25) is 0 Å². The van der Waals surface area contributed by atoms with Crippen LogP contribution in [-0.2, 0) is 9.53 Å². The highest BCUT2D eigenvalue weighted by molar-refractivity contribution is 5.80. The number of nitrogens with zero attached hydrogens (tertiary/aromatic N) is 1. The van der Waals surface area contributed by atoms with Crippen LogP contribution in [0.3, 0.4) is 0 Å². The lowest BCUT2D eigenvalue weighted by Gasteiger charge is -2.52. The Labute approximate surface area is 147 Å². The monoisotopic (exact) mass is 340 g/mol. The highest BCUT2D eigenvalue weighted by Crippen LogP contribution is 2.42. The molecular formula is C18H36N4O2. The van der Waals surface area contributed by atoms with Crippen LogP contribution in [0, 0.1) is 11.3 Å². The second-order valence-corrected chi connectivity index (χ2v) is 7.41. The van der Waals surface area contributed by atoms with Gasteiger partial charge in [-0.2, -0.15) is 0 Å². The van der Waals surface area contributed by atoms with Crippen LogP contribution in [-0.4, -0.2) is 50.8 Å². The predicted molar refractivity (Wildman–Crippen MR) is 99.2 cm³/mol. The molecule has 1 amide bonds. The zero-order chi connectivity index (χ0) is 18.2. The van der Waals surface area contributed by atoms with Crippen molar-refractivity contribution >= 4 is 11.9 Å². The largest absolute Gasteiger partial charge is 0.378 e. The molecule has 0 radical (unpaired) electrons. The molecule has 0 aromatic heterocycles. The van der Waals surface area contributed by atoms with Crippen molar-refractivity contribution in [2.75, 3.05) is 26.7 Å². The smallest absolute Gasteiger partial charge is 0.222 e. The summed E-state index contributed by atoms with van der Waals surface area (Å²) in [4.78, 5) is 15.8. The Balaban J connectivity index is 2.30. The van der Waals surface area contributed by atoms with Gasteiger partial charge < -0.3 is 20.7 Å². The van der Waals surface area contributed by atoms with Crippen molar-refractivity contribution in [3.05, 3.63) is 0 Å². The molecule has 6 heteroatoms. The van der Waals surface area contributed by atoms with E-state index in [4.69, 9.17) is 4.74 Å². The Morgan fingerprint density at radius 2 is 1.96 bits per heavy atom. The van der Waals surface area contributed by atoms with Crippen LogP contribution in [0.4, 0.5) is 0 Å². The number of aliphatic imine (C=N–C) groups is 1. The molecule has 1 aliphatic carbocycles. The van der Waals surface area contributed by atoms with E-state index in [1.165, 1.54) is 6.42 Å². The van der Waals surface area contributed by atoms with Crippen LogP contribution < -0.4 is 16.0 Å². The van der Waals surface area contributed by atoms with E-state index < -0.39 is 0 Å². The van der Waals surface area contributed by atoms with Crippen LogP contribution in [0.5, 0.6) is 0 Å². The van der Waals surface area contributed by atoms with E-state index in [0.717, 1.165) is 25.4 Å². The highest BCUT2D eigenvalue weighted by Gasteiger charge is 2.49. The van der Waals surface area contributed by atoms with Crippen molar-refractivity contribution in [3.8, 4) is 0 Å². The topological polar surface area (TPSA) is 74.8 Å². The number of rotatable bonds is 9. The summed E-state index contributed by atoms with van der Waals surface area (Å²) in [7, 11) is 1.77. The summed E-state index contributed by atoms with van der Waals surface area (Å²) in [6, 6.07) is 0.348. The molecule has 24 heavy (non-hydrogen) atoms. The lowest BCUT2D eigenvalue weighted by molar-refractivity contribution is -0.123. The molecule has 3 N–H and O–H groups in total. The maximum atomic E-state index is 11.5. The molecule has 1 aliphatic rings. The third kappa shape index (κ3) is 5.96. The lowest BCUT2D eigenvalue weighted by atomic mass is 9.64. The van der Waals surface area contributed by atoms with E-state index in [0.29, 0.717) is 25.2 Å². The molecule has 6 nitrogen and oxygen atoms in total. The van der Waals surface area contributed by atoms with Gasteiger partial charge in [-0.3, -0.25) is 9.79 Å².